The number of carboxylic acid groups (broad SMARTS) is 1. The van der Waals surface area contributed by atoms with Crippen molar-refractivity contribution in [3.63, 3.8) is 0 Å². The minimum Gasteiger partial charge on any atom is -0.508 e. The number of aliphatic carboxylic acids is 1. The highest BCUT2D eigenvalue weighted by Crippen LogP contribution is 2.35. The summed E-state index contributed by atoms with van der Waals surface area (Å²) in [6, 6.07) is 23.6. The minimum atomic E-state index is -0.798. The summed E-state index contributed by atoms with van der Waals surface area (Å²) in [6.07, 6.45) is 7.90. The fraction of sp³-hybridized carbons (Fsp3) is 0.516. The molecule has 0 unspecified atom stereocenters. The lowest BCUT2D eigenvalue weighted by atomic mass is 9.83. The quantitative estimate of drug-likeness (QED) is 0.0755. The molecule has 2 aliphatic carbocycles. The lowest BCUT2D eigenvalue weighted by Crippen LogP contribution is -2.61. The van der Waals surface area contributed by atoms with Crippen molar-refractivity contribution in [3.8, 4) is 11.5 Å². The number of benzene rings is 4. The van der Waals surface area contributed by atoms with Gasteiger partial charge in [-0.05, 0) is 131 Å². The highest BCUT2D eigenvalue weighted by atomic mass is 16.4. The number of aromatic hydroxyl groups is 2. The number of carboxylic acids is 1. The molecule has 0 saturated carbocycles. The van der Waals surface area contributed by atoms with Crippen LogP contribution in [0.3, 0.4) is 0 Å². The van der Waals surface area contributed by atoms with Gasteiger partial charge in [0.25, 0.3) is 0 Å². The lowest BCUT2D eigenvalue weighted by molar-refractivity contribution is -0.147. The molecule has 2 heterocycles. The Morgan fingerprint density at radius 1 is 0.597 bits per heavy atom. The van der Waals surface area contributed by atoms with E-state index in [0.717, 1.165) is 78.3 Å². The van der Waals surface area contributed by atoms with Crippen LogP contribution >= 0.6 is 0 Å². The Bertz CT molecular complexity index is 2760. The van der Waals surface area contributed by atoms with Crippen LogP contribution in [0.2, 0.25) is 0 Å². The zero-order chi connectivity index (χ0) is 56.5. The molecule has 0 bridgehead atoms. The Kier molecular flexibility index (Phi) is 19.8. The SMILES string of the molecule is CC(C)(C)[C@H](N)C(=O)N1Cc2cc(O)ccc2C[C@H]1C(=O)N[C@@H]1CCCc2ccccc21.CC[C@@H](C)C(=O)N[C@H](C(=O)N1Cc2cc(O)ccc2C[C@H]1C(=O)N[C@@H]1CCCc2ccccc21)C(C)(C)C.CC[C@@H](C)C(=O)O. The summed E-state index contributed by atoms with van der Waals surface area (Å²) in [5, 5.41) is 37.7. The number of nitrogens with zero attached hydrogens (tertiary/aromatic N) is 2. The second-order valence-corrected chi connectivity index (χ2v) is 23.7. The normalized spacial score (nSPS) is 20.2. The molecule has 8 N–H and O–H groups in total. The molecule has 0 aromatic heterocycles. The van der Waals surface area contributed by atoms with Gasteiger partial charge in [-0.3, -0.25) is 28.8 Å². The first-order chi connectivity index (χ1) is 36.3. The van der Waals surface area contributed by atoms with Crippen molar-refractivity contribution >= 4 is 35.5 Å². The summed E-state index contributed by atoms with van der Waals surface area (Å²) < 4.78 is 0. The molecule has 4 aromatic carbocycles. The second-order valence-electron chi connectivity index (χ2n) is 23.7. The zero-order valence-electron chi connectivity index (χ0n) is 46.9. The standard InChI is InChI=1S/C31H41N3O4.C26H33N3O3.C5H10O2/c1-6-19(2)28(36)33-27(31(3,4)5)30(38)34-18-22-16-23(35)15-14-21(22)17-26(34)29(37)32-25-13-9-11-20-10-7-8-12-24(20)25;1-26(2,3)23(27)25(32)29-15-18-13-19(30)12-11-17(18)14-22(29)24(31)28-21-10-6-8-16-7-4-5-9-20(16)21;1-3-4(2)5(6)7/h7-8,10,12,14-16,19,25-27,35H,6,9,11,13,17-18H2,1-5H3,(H,32,37)(H,33,36);4-5,7,9,11-13,21-23,30H,6,8,10,14-15,27H2,1-3H3,(H,28,31);4H,3H2,1-2H3,(H,6,7)/t19-,25-,26+,27-;21-,22+,23-;4-/m111/s1. The number of nitrogens with two attached hydrogens (primary N) is 1. The van der Waals surface area contributed by atoms with Gasteiger partial charge in [-0.25, -0.2) is 0 Å². The molecular weight excluding hydrogens is 973 g/mol. The Morgan fingerprint density at radius 3 is 1.42 bits per heavy atom. The van der Waals surface area contributed by atoms with E-state index in [0.29, 0.717) is 19.3 Å². The van der Waals surface area contributed by atoms with Crippen molar-refractivity contribution in [1.82, 2.24) is 25.8 Å². The van der Waals surface area contributed by atoms with Crippen LogP contribution in [0.1, 0.15) is 164 Å². The Labute approximate surface area is 455 Å². The number of phenols is 2. The molecule has 15 heteroatoms. The molecule has 8 rings (SSSR count). The van der Waals surface area contributed by atoms with E-state index in [2.05, 4.69) is 40.2 Å². The Morgan fingerprint density at radius 2 is 1.03 bits per heavy atom. The number of hydrogen-bond donors (Lipinski definition) is 7. The Hall–Kier alpha value is -6.74. The van der Waals surface area contributed by atoms with Crippen molar-refractivity contribution in [2.24, 2.45) is 28.4 Å². The summed E-state index contributed by atoms with van der Waals surface area (Å²) in [6.45, 7) is 19.3. The summed E-state index contributed by atoms with van der Waals surface area (Å²) in [5.41, 5.74) is 13.7. The number of fused-ring (bicyclic) bond motifs is 4. The summed E-state index contributed by atoms with van der Waals surface area (Å²) in [5.74, 6) is -1.88. The van der Waals surface area contributed by atoms with Crippen LogP contribution in [-0.2, 0) is 67.5 Å². The fourth-order valence-corrected chi connectivity index (χ4v) is 10.4. The molecule has 0 saturated heterocycles. The second kappa shape index (κ2) is 25.6. The first-order valence-electron chi connectivity index (χ1n) is 27.6. The van der Waals surface area contributed by atoms with E-state index in [1.807, 2.05) is 98.7 Å². The molecule has 4 aromatic rings. The van der Waals surface area contributed by atoms with E-state index < -0.39 is 41.0 Å². The highest BCUT2D eigenvalue weighted by molar-refractivity contribution is 5.94. The Balaban J connectivity index is 0.000000224. The third kappa shape index (κ3) is 14.8. The number of rotatable bonds is 11. The molecule has 5 amide bonds. The third-order valence-electron chi connectivity index (χ3n) is 15.9. The van der Waals surface area contributed by atoms with E-state index in [-0.39, 0.29) is 78.0 Å². The van der Waals surface area contributed by atoms with Gasteiger partial charge in [0.05, 0.1) is 24.0 Å². The largest absolute Gasteiger partial charge is 0.508 e. The maximum atomic E-state index is 14.2. The van der Waals surface area contributed by atoms with Gasteiger partial charge >= 0.3 is 5.97 Å². The molecule has 0 spiro atoms. The number of aryl methyl sites for hydroxylation is 2. The predicted molar refractivity (Wildman–Crippen MR) is 298 cm³/mol. The summed E-state index contributed by atoms with van der Waals surface area (Å²) in [7, 11) is 0. The van der Waals surface area contributed by atoms with E-state index in [1.54, 1.807) is 41.0 Å². The first kappa shape index (κ1) is 59.5. The van der Waals surface area contributed by atoms with Crippen LogP contribution in [0.5, 0.6) is 11.5 Å². The van der Waals surface area contributed by atoms with Gasteiger partial charge in [0, 0.05) is 31.8 Å². The van der Waals surface area contributed by atoms with Crippen molar-refractivity contribution < 1.29 is 44.1 Å². The van der Waals surface area contributed by atoms with E-state index in [9.17, 15) is 39.0 Å². The molecular formula is C62H84N6O9. The van der Waals surface area contributed by atoms with Crippen LogP contribution in [0.15, 0.2) is 84.9 Å². The zero-order valence-corrected chi connectivity index (χ0v) is 46.9. The van der Waals surface area contributed by atoms with Crippen LogP contribution < -0.4 is 21.7 Å². The van der Waals surface area contributed by atoms with Crippen molar-refractivity contribution in [1.29, 1.82) is 0 Å². The number of nitrogens with one attached hydrogen (secondary N) is 3. The van der Waals surface area contributed by atoms with E-state index >= 15 is 0 Å². The van der Waals surface area contributed by atoms with Crippen LogP contribution in [0.25, 0.3) is 0 Å². The summed E-state index contributed by atoms with van der Waals surface area (Å²) in [4.78, 5) is 81.0. The number of amides is 5. The number of carbonyl (C=O) groups is 6. The molecule has 416 valence electrons. The lowest BCUT2D eigenvalue weighted by Gasteiger charge is -2.41. The molecule has 0 radical (unpaired) electrons. The van der Waals surface area contributed by atoms with Gasteiger partial charge in [0.1, 0.15) is 29.6 Å². The summed E-state index contributed by atoms with van der Waals surface area (Å²) >= 11 is 0. The fourth-order valence-electron chi connectivity index (χ4n) is 10.4. The number of hydrogen-bond acceptors (Lipinski definition) is 9. The molecule has 77 heavy (non-hydrogen) atoms. The van der Waals surface area contributed by atoms with Crippen LogP contribution in [0, 0.1) is 22.7 Å². The molecule has 0 fully saturated rings. The predicted octanol–water partition coefficient (Wildman–Crippen LogP) is 8.75. The van der Waals surface area contributed by atoms with Crippen molar-refractivity contribution in [2.75, 3.05) is 0 Å². The molecule has 15 nitrogen and oxygen atoms in total. The third-order valence-corrected chi connectivity index (χ3v) is 15.9. The van der Waals surface area contributed by atoms with Gasteiger partial charge in [-0.15, -0.1) is 0 Å². The number of phenolic OH excluding ortho intramolecular Hbond substituents is 2. The van der Waals surface area contributed by atoms with E-state index in [4.69, 9.17) is 10.8 Å². The maximum Gasteiger partial charge on any atom is 0.306 e. The van der Waals surface area contributed by atoms with Gasteiger partial charge in [-0.1, -0.05) is 130 Å². The average molecular weight is 1060 g/mol. The van der Waals surface area contributed by atoms with Gasteiger partial charge in [0.2, 0.25) is 29.5 Å². The molecule has 4 aliphatic rings. The first-order valence-corrected chi connectivity index (χ1v) is 27.6. The van der Waals surface area contributed by atoms with Gasteiger partial charge in [0.15, 0.2) is 0 Å². The van der Waals surface area contributed by atoms with Gasteiger partial charge < -0.3 is 46.8 Å². The monoisotopic (exact) mass is 1060 g/mol. The van der Waals surface area contributed by atoms with E-state index in [1.165, 1.54) is 11.1 Å². The average Bonchev–Trinajstić information content (AvgIpc) is 3.40. The maximum absolute atomic E-state index is 14.2. The van der Waals surface area contributed by atoms with Crippen molar-refractivity contribution in [3.05, 3.63) is 129 Å². The van der Waals surface area contributed by atoms with Crippen LogP contribution in [-0.4, -0.2) is 84.8 Å². The highest BCUT2D eigenvalue weighted by Gasteiger charge is 2.44. The molecule has 2 aliphatic heterocycles. The molecule has 8 atom stereocenters. The van der Waals surface area contributed by atoms with Crippen LogP contribution in [0.4, 0.5) is 0 Å². The smallest absolute Gasteiger partial charge is 0.306 e. The topological polar surface area (TPSA) is 232 Å². The number of carbonyl (C=O) groups excluding carboxylic acids is 5. The van der Waals surface area contributed by atoms with Crippen molar-refractivity contribution in [2.45, 2.75) is 183 Å². The van der Waals surface area contributed by atoms with Gasteiger partial charge in [-0.2, -0.15) is 0 Å². The minimum absolute atomic E-state index is 0.0538.